The van der Waals surface area contributed by atoms with E-state index in [2.05, 4.69) is 23.6 Å². The van der Waals surface area contributed by atoms with E-state index >= 15 is 0 Å². The Hall–Kier alpha value is -1.81. The van der Waals surface area contributed by atoms with E-state index in [9.17, 15) is 4.79 Å². The second-order valence-electron chi connectivity index (χ2n) is 5.43. The molecule has 0 radical (unpaired) electrons. The summed E-state index contributed by atoms with van der Waals surface area (Å²) in [6, 6.07) is 6.06. The van der Waals surface area contributed by atoms with Gasteiger partial charge in [-0.15, -0.1) is 0 Å². The molecule has 0 saturated heterocycles. The van der Waals surface area contributed by atoms with E-state index in [1.54, 1.807) is 0 Å². The van der Waals surface area contributed by atoms with Gasteiger partial charge in [0.25, 0.3) is 0 Å². The molecule has 0 unspecified atom stereocenters. The van der Waals surface area contributed by atoms with Crippen molar-refractivity contribution in [2.75, 3.05) is 6.61 Å². The molecule has 0 bridgehead atoms. The van der Waals surface area contributed by atoms with Crippen molar-refractivity contribution in [1.29, 1.82) is 0 Å². The molecule has 1 aliphatic rings. The van der Waals surface area contributed by atoms with Crippen LogP contribution in [0.25, 0.3) is 0 Å². The maximum absolute atomic E-state index is 11.8. The Kier molecular flexibility index (Phi) is 4.79. The van der Waals surface area contributed by atoms with Gasteiger partial charge in [0.05, 0.1) is 0 Å². The van der Waals surface area contributed by atoms with Crippen LogP contribution in [0.2, 0.25) is 0 Å². The van der Waals surface area contributed by atoms with Crippen LogP contribution < -0.4 is 10.6 Å². The average Bonchev–Trinajstić information content (AvgIpc) is 2.85. The summed E-state index contributed by atoms with van der Waals surface area (Å²) < 4.78 is 0. The molecule has 20 heavy (non-hydrogen) atoms. The Balaban J connectivity index is 1.79. The Morgan fingerprint density at radius 1 is 1.35 bits per heavy atom. The van der Waals surface area contributed by atoms with Crippen LogP contribution in [0.5, 0.6) is 0 Å². The standard InChI is InChI=1S/C16H22N2O2/c1-11-3-5-14(12(2)7-11)9-17-16(20)18-15-6-4-13(8-15)10-19/h3-7,13,15,19H,8-10H2,1-2H3,(H2,17,18,20)/t13-,15+/m0/s1. The van der Waals surface area contributed by atoms with Gasteiger partial charge in [-0.1, -0.05) is 35.9 Å². The number of urea groups is 1. The zero-order chi connectivity index (χ0) is 14.5. The number of benzene rings is 1. The van der Waals surface area contributed by atoms with Gasteiger partial charge in [-0.2, -0.15) is 0 Å². The summed E-state index contributed by atoms with van der Waals surface area (Å²) in [6.07, 6.45) is 4.67. The molecule has 2 rings (SSSR count). The van der Waals surface area contributed by atoms with Crippen molar-refractivity contribution in [2.24, 2.45) is 5.92 Å². The third kappa shape index (κ3) is 3.84. The lowest BCUT2D eigenvalue weighted by Gasteiger charge is -2.14. The molecule has 3 N–H and O–H groups in total. The number of amides is 2. The fourth-order valence-corrected chi connectivity index (χ4v) is 2.46. The number of aliphatic hydroxyl groups excluding tert-OH is 1. The van der Waals surface area contributed by atoms with Gasteiger partial charge < -0.3 is 15.7 Å². The number of carbonyl (C=O) groups is 1. The molecule has 4 nitrogen and oxygen atoms in total. The molecule has 0 saturated carbocycles. The van der Waals surface area contributed by atoms with E-state index < -0.39 is 0 Å². The highest BCUT2D eigenvalue weighted by Gasteiger charge is 2.19. The molecule has 2 atom stereocenters. The second-order valence-corrected chi connectivity index (χ2v) is 5.43. The largest absolute Gasteiger partial charge is 0.396 e. The summed E-state index contributed by atoms with van der Waals surface area (Å²) in [4.78, 5) is 11.8. The Labute approximate surface area is 119 Å². The summed E-state index contributed by atoms with van der Waals surface area (Å²) in [7, 11) is 0. The minimum absolute atomic E-state index is 0.0197. The van der Waals surface area contributed by atoms with E-state index in [1.807, 2.05) is 31.2 Å². The Morgan fingerprint density at radius 3 is 2.80 bits per heavy atom. The van der Waals surface area contributed by atoms with Crippen molar-refractivity contribution < 1.29 is 9.90 Å². The molecule has 1 aromatic rings. The van der Waals surface area contributed by atoms with E-state index in [0.717, 1.165) is 12.0 Å². The maximum atomic E-state index is 11.8. The van der Waals surface area contributed by atoms with Crippen molar-refractivity contribution in [2.45, 2.75) is 32.9 Å². The van der Waals surface area contributed by atoms with Gasteiger partial charge in [0, 0.05) is 25.1 Å². The zero-order valence-electron chi connectivity index (χ0n) is 12.0. The summed E-state index contributed by atoms with van der Waals surface area (Å²) >= 11 is 0. The second kappa shape index (κ2) is 6.57. The van der Waals surface area contributed by atoms with Crippen LogP contribution in [-0.2, 0) is 6.54 Å². The van der Waals surface area contributed by atoms with Crippen LogP contribution in [0, 0.1) is 19.8 Å². The summed E-state index contributed by atoms with van der Waals surface area (Å²) in [5.74, 6) is 0.166. The lowest BCUT2D eigenvalue weighted by Crippen LogP contribution is -2.40. The molecule has 0 heterocycles. The maximum Gasteiger partial charge on any atom is 0.315 e. The quantitative estimate of drug-likeness (QED) is 0.736. The molecule has 0 aliphatic heterocycles. The minimum Gasteiger partial charge on any atom is -0.396 e. The Morgan fingerprint density at radius 2 is 2.15 bits per heavy atom. The number of rotatable bonds is 4. The summed E-state index contributed by atoms with van der Waals surface area (Å²) in [5, 5.41) is 14.8. The van der Waals surface area contributed by atoms with Crippen molar-refractivity contribution >= 4 is 6.03 Å². The first-order chi connectivity index (χ1) is 9.58. The minimum atomic E-state index is -0.168. The van der Waals surface area contributed by atoms with Crippen molar-refractivity contribution in [1.82, 2.24) is 10.6 Å². The van der Waals surface area contributed by atoms with Crippen LogP contribution in [-0.4, -0.2) is 23.8 Å². The molecule has 1 aromatic carbocycles. The fourth-order valence-electron chi connectivity index (χ4n) is 2.46. The number of hydrogen-bond donors (Lipinski definition) is 3. The summed E-state index contributed by atoms with van der Waals surface area (Å²) in [5.41, 5.74) is 3.54. The van der Waals surface area contributed by atoms with E-state index in [1.165, 1.54) is 11.1 Å². The molecule has 1 aliphatic carbocycles. The lowest BCUT2D eigenvalue weighted by atomic mass is 10.1. The molecule has 4 heteroatoms. The van der Waals surface area contributed by atoms with Gasteiger partial charge in [-0.3, -0.25) is 0 Å². The number of nitrogens with one attached hydrogen (secondary N) is 2. The number of hydrogen-bond acceptors (Lipinski definition) is 2. The predicted octanol–water partition coefficient (Wildman–Crippen LogP) is 2.04. The SMILES string of the molecule is Cc1ccc(CNC(=O)N[C@@H]2C=C[C@H](CO)C2)c(C)c1. The highest BCUT2D eigenvalue weighted by molar-refractivity contribution is 5.74. The van der Waals surface area contributed by atoms with Crippen LogP contribution in [0.3, 0.4) is 0 Å². The van der Waals surface area contributed by atoms with Gasteiger partial charge >= 0.3 is 6.03 Å². The molecule has 108 valence electrons. The molecule has 2 amide bonds. The monoisotopic (exact) mass is 274 g/mol. The first-order valence-corrected chi connectivity index (χ1v) is 6.98. The molecular weight excluding hydrogens is 252 g/mol. The average molecular weight is 274 g/mol. The van der Waals surface area contributed by atoms with Gasteiger partial charge in [0.2, 0.25) is 0 Å². The van der Waals surface area contributed by atoms with Gasteiger partial charge in [-0.25, -0.2) is 4.79 Å². The highest BCUT2D eigenvalue weighted by atomic mass is 16.3. The molecule has 0 fully saturated rings. The third-order valence-corrected chi connectivity index (χ3v) is 3.66. The topological polar surface area (TPSA) is 61.4 Å². The third-order valence-electron chi connectivity index (χ3n) is 3.66. The van der Waals surface area contributed by atoms with Gasteiger partial charge in [0.15, 0.2) is 0 Å². The number of carbonyl (C=O) groups excluding carboxylic acids is 1. The highest BCUT2D eigenvalue weighted by Crippen LogP contribution is 2.16. The molecule has 0 aromatic heterocycles. The first-order valence-electron chi connectivity index (χ1n) is 6.98. The van der Waals surface area contributed by atoms with Crippen molar-refractivity contribution in [3.8, 4) is 0 Å². The number of aryl methyl sites for hydroxylation is 2. The van der Waals surface area contributed by atoms with Crippen LogP contribution in [0.1, 0.15) is 23.1 Å². The Bertz CT molecular complexity index is 511. The van der Waals surface area contributed by atoms with Crippen molar-refractivity contribution in [3.05, 3.63) is 47.0 Å². The zero-order valence-corrected chi connectivity index (χ0v) is 12.0. The van der Waals surface area contributed by atoms with E-state index in [0.29, 0.717) is 6.54 Å². The number of aliphatic hydroxyl groups is 1. The van der Waals surface area contributed by atoms with Crippen LogP contribution in [0.4, 0.5) is 4.79 Å². The summed E-state index contributed by atoms with van der Waals surface area (Å²) in [6.45, 7) is 4.77. The van der Waals surface area contributed by atoms with Crippen molar-refractivity contribution in [3.63, 3.8) is 0 Å². The molecular formula is C16H22N2O2. The normalized spacial score (nSPS) is 20.9. The van der Waals surface area contributed by atoms with Gasteiger partial charge in [-0.05, 0) is 31.4 Å². The first kappa shape index (κ1) is 14.6. The van der Waals surface area contributed by atoms with Crippen LogP contribution in [0.15, 0.2) is 30.4 Å². The smallest absolute Gasteiger partial charge is 0.315 e. The molecule has 0 spiro atoms. The van der Waals surface area contributed by atoms with E-state index in [4.69, 9.17) is 5.11 Å². The predicted molar refractivity (Wildman–Crippen MR) is 79.4 cm³/mol. The van der Waals surface area contributed by atoms with Crippen LogP contribution >= 0.6 is 0 Å². The van der Waals surface area contributed by atoms with E-state index in [-0.39, 0.29) is 24.6 Å². The fraction of sp³-hybridized carbons (Fsp3) is 0.438. The van der Waals surface area contributed by atoms with Gasteiger partial charge in [0.1, 0.15) is 0 Å². The lowest BCUT2D eigenvalue weighted by molar-refractivity contribution is 0.231.